The number of carbonyl (C=O) groups is 2. The first-order chi connectivity index (χ1) is 8.59. The summed E-state index contributed by atoms with van der Waals surface area (Å²) in [6.07, 6.45) is 4.08. The minimum absolute atomic E-state index is 0.0334. The number of hydrogen-bond acceptors (Lipinski definition) is 3. The van der Waals surface area contributed by atoms with E-state index in [0.717, 1.165) is 6.20 Å². The maximum Gasteiger partial charge on any atom is 0.307 e. The number of carbonyl (C=O) groups excluding carboxylic acids is 1. The molecular formula is C12H13FN2O3. The first-order valence-corrected chi connectivity index (χ1v) is 5.73. The highest BCUT2D eigenvalue weighted by Crippen LogP contribution is 2.33. The maximum absolute atomic E-state index is 13.3. The van der Waals surface area contributed by atoms with Crippen LogP contribution >= 0.6 is 0 Å². The van der Waals surface area contributed by atoms with Gasteiger partial charge in [-0.1, -0.05) is 6.42 Å². The normalized spacial score (nSPS) is 22.7. The van der Waals surface area contributed by atoms with Crippen LogP contribution in [0.15, 0.2) is 18.5 Å². The second kappa shape index (κ2) is 5.12. The molecule has 2 N–H and O–H groups in total. The third-order valence-electron chi connectivity index (χ3n) is 3.20. The van der Waals surface area contributed by atoms with Crippen LogP contribution in [0.25, 0.3) is 0 Å². The van der Waals surface area contributed by atoms with Crippen molar-refractivity contribution in [3.8, 4) is 0 Å². The first-order valence-electron chi connectivity index (χ1n) is 5.73. The van der Waals surface area contributed by atoms with Crippen LogP contribution in [0.1, 0.15) is 19.3 Å². The van der Waals surface area contributed by atoms with Crippen LogP contribution in [0.4, 0.5) is 10.1 Å². The molecule has 0 spiro atoms. The van der Waals surface area contributed by atoms with Crippen LogP contribution in [0.3, 0.4) is 0 Å². The molecule has 1 amide bonds. The fraction of sp³-hybridized carbons (Fsp3) is 0.417. The number of aliphatic carboxylic acids is 1. The number of nitrogens with zero attached hydrogens (tertiary/aromatic N) is 1. The fourth-order valence-electron chi connectivity index (χ4n) is 2.27. The SMILES string of the molecule is O=C(O)[C@H]1CCC[C@H]1C(=O)Nc1ccncc1F. The number of amides is 1. The summed E-state index contributed by atoms with van der Waals surface area (Å²) in [6.45, 7) is 0. The molecule has 18 heavy (non-hydrogen) atoms. The molecule has 1 saturated carbocycles. The average Bonchev–Trinajstić information content (AvgIpc) is 2.81. The fourth-order valence-corrected chi connectivity index (χ4v) is 2.27. The summed E-state index contributed by atoms with van der Waals surface area (Å²) in [5.41, 5.74) is 0.0334. The Hall–Kier alpha value is -1.98. The summed E-state index contributed by atoms with van der Waals surface area (Å²) in [5.74, 6) is -3.30. The molecule has 1 aromatic rings. The Bertz CT molecular complexity index is 478. The molecule has 0 bridgehead atoms. The lowest BCUT2D eigenvalue weighted by Crippen LogP contribution is -2.30. The van der Waals surface area contributed by atoms with Crippen molar-refractivity contribution < 1.29 is 19.1 Å². The topological polar surface area (TPSA) is 79.3 Å². The van der Waals surface area contributed by atoms with E-state index in [1.807, 2.05) is 0 Å². The smallest absolute Gasteiger partial charge is 0.307 e. The van der Waals surface area contributed by atoms with Gasteiger partial charge in [-0.05, 0) is 18.9 Å². The van der Waals surface area contributed by atoms with Crippen molar-refractivity contribution in [2.75, 3.05) is 5.32 Å². The molecule has 0 saturated heterocycles. The van der Waals surface area contributed by atoms with Crippen molar-refractivity contribution >= 4 is 17.6 Å². The summed E-state index contributed by atoms with van der Waals surface area (Å²) in [5, 5.41) is 11.4. The zero-order valence-corrected chi connectivity index (χ0v) is 9.60. The molecule has 1 aromatic heterocycles. The van der Waals surface area contributed by atoms with E-state index in [4.69, 9.17) is 5.11 Å². The van der Waals surface area contributed by atoms with Crippen molar-refractivity contribution in [2.24, 2.45) is 11.8 Å². The van der Waals surface area contributed by atoms with Gasteiger partial charge in [-0.25, -0.2) is 4.39 Å². The molecule has 1 aliphatic carbocycles. The summed E-state index contributed by atoms with van der Waals surface area (Å²) in [4.78, 5) is 26.5. The first kappa shape index (κ1) is 12.5. The second-order valence-electron chi connectivity index (χ2n) is 4.33. The van der Waals surface area contributed by atoms with Gasteiger partial charge < -0.3 is 10.4 Å². The molecule has 0 aromatic carbocycles. The van der Waals surface area contributed by atoms with Crippen LogP contribution in [-0.2, 0) is 9.59 Å². The van der Waals surface area contributed by atoms with E-state index in [1.54, 1.807) is 0 Å². The van der Waals surface area contributed by atoms with Crippen molar-refractivity contribution in [2.45, 2.75) is 19.3 Å². The molecule has 0 unspecified atom stereocenters. The lowest BCUT2D eigenvalue weighted by Gasteiger charge is -2.15. The van der Waals surface area contributed by atoms with Gasteiger partial charge in [0.25, 0.3) is 0 Å². The van der Waals surface area contributed by atoms with E-state index in [9.17, 15) is 14.0 Å². The standard InChI is InChI=1S/C12H13FN2O3/c13-9-6-14-5-4-10(9)15-11(16)7-2-1-3-8(7)12(17)18/h4-8H,1-3H2,(H,17,18)(H,14,15,16)/t7-,8+/m1/s1. The molecule has 1 heterocycles. The van der Waals surface area contributed by atoms with Gasteiger partial charge in [-0.15, -0.1) is 0 Å². The Morgan fingerprint density at radius 3 is 2.78 bits per heavy atom. The Morgan fingerprint density at radius 1 is 1.39 bits per heavy atom. The quantitative estimate of drug-likeness (QED) is 0.857. The summed E-state index contributed by atoms with van der Waals surface area (Å²) in [6, 6.07) is 1.35. The van der Waals surface area contributed by atoms with Crippen LogP contribution < -0.4 is 5.32 Å². The van der Waals surface area contributed by atoms with Crippen LogP contribution in [-0.4, -0.2) is 22.0 Å². The van der Waals surface area contributed by atoms with E-state index in [2.05, 4.69) is 10.3 Å². The van der Waals surface area contributed by atoms with E-state index in [1.165, 1.54) is 12.3 Å². The predicted molar refractivity (Wildman–Crippen MR) is 61.3 cm³/mol. The molecule has 2 atom stereocenters. The minimum atomic E-state index is -0.970. The maximum atomic E-state index is 13.3. The van der Waals surface area contributed by atoms with Crippen LogP contribution in [0.5, 0.6) is 0 Å². The van der Waals surface area contributed by atoms with E-state index >= 15 is 0 Å². The average molecular weight is 252 g/mol. The van der Waals surface area contributed by atoms with Crippen LogP contribution in [0.2, 0.25) is 0 Å². The number of rotatable bonds is 3. The van der Waals surface area contributed by atoms with Crippen LogP contribution in [0, 0.1) is 17.7 Å². The number of pyridine rings is 1. The van der Waals surface area contributed by atoms with E-state index < -0.39 is 29.5 Å². The Morgan fingerprint density at radius 2 is 2.11 bits per heavy atom. The van der Waals surface area contributed by atoms with Crippen molar-refractivity contribution in [3.05, 3.63) is 24.3 Å². The summed E-state index contributed by atoms with van der Waals surface area (Å²) < 4.78 is 13.3. The largest absolute Gasteiger partial charge is 0.481 e. The molecular weight excluding hydrogens is 239 g/mol. The lowest BCUT2D eigenvalue weighted by atomic mass is 9.95. The number of aromatic nitrogens is 1. The number of anilines is 1. The number of carboxylic acids is 1. The molecule has 0 radical (unpaired) electrons. The Kier molecular flexibility index (Phi) is 3.55. The van der Waals surface area contributed by atoms with Crippen molar-refractivity contribution in [3.63, 3.8) is 0 Å². The molecule has 2 rings (SSSR count). The molecule has 5 nitrogen and oxygen atoms in total. The molecule has 1 aliphatic rings. The molecule has 0 aliphatic heterocycles. The Labute approximate surface area is 103 Å². The molecule has 1 fully saturated rings. The highest BCUT2D eigenvalue weighted by molar-refractivity contribution is 5.95. The van der Waals surface area contributed by atoms with Gasteiger partial charge in [0.05, 0.1) is 23.7 Å². The van der Waals surface area contributed by atoms with Gasteiger partial charge >= 0.3 is 5.97 Å². The zero-order valence-electron chi connectivity index (χ0n) is 9.60. The van der Waals surface area contributed by atoms with E-state index in [-0.39, 0.29) is 5.69 Å². The lowest BCUT2D eigenvalue weighted by molar-refractivity contribution is -0.145. The predicted octanol–water partition coefficient (Wildman–Crippen LogP) is 1.66. The monoisotopic (exact) mass is 252 g/mol. The van der Waals surface area contributed by atoms with Gasteiger partial charge in [0, 0.05) is 6.20 Å². The number of hydrogen-bond donors (Lipinski definition) is 2. The van der Waals surface area contributed by atoms with Gasteiger partial charge in [0.2, 0.25) is 5.91 Å². The van der Waals surface area contributed by atoms with Gasteiger partial charge in [0.15, 0.2) is 5.82 Å². The summed E-state index contributed by atoms with van der Waals surface area (Å²) >= 11 is 0. The highest BCUT2D eigenvalue weighted by Gasteiger charge is 2.37. The number of carboxylic acid groups (broad SMARTS) is 1. The Balaban J connectivity index is 2.08. The van der Waals surface area contributed by atoms with Crippen molar-refractivity contribution in [1.29, 1.82) is 0 Å². The highest BCUT2D eigenvalue weighted by atomic mass is 19.1. The molecule has 6 heteroatoms. The second-order valence-corrected chi connectivity index (χ2v) is 4.33. The van der Waals surface area contributed by atoms with Gasteiger partial charge in [-0.3, -0.25) is 14.6 Å². The van der Waals surface area contributed by atoms with Gasteiger partial charge in [-0.2, -0.15) is 0 Å². The number of nitrogens with one attached hydrogen (secondary N) is 1. The minimum Gasteiger partial charge on any atom is -0.481 e. The third-order valence-corrected chi connectivity index (χ3v) is 3.20. The van der Waals surface area contributed by atoms with Gasteiger partial charge in [0.1, 0.15) is 0 Å². The number of halogens is 1. The van der Waals surface area contributed by atoms with Crippen molar-refractivity contribution in [1.82, 2.24) is 4.98 Å². The summed E-state index contributed by atoms with van der Waals surface area (Å²) in [7, 11) is 0. The van der Waals surface area contributed by atoms with E-state index in [0.29, 0.717) is 19.3 Å². The zero-order chi connectivity index (χ0) is 13.1. The molecule has 96 valence electrons. The third kappa shape index (κ3) is 2.47.